The fourth-order valence-electron chi connectivity index (χ4n) is 3.18. The van der Waals surface area contributed by atoms with Crippen molar-refractivity contribution in [2.24, 2.45) is 16.0 Å². The van der Waals surface area contributed by atoms with Gasteiger partial charge in [0.15, 0.2) is 5.84 Å². The molecule has 0 aromatic rings. The predicted octanol–water partition coefficient (Wildman–Crippen LogP) is 0.0698. The van der Waals surface area contributed by atoms with Crippen LogP contribution in [-0.4, -0.2) is 61.4 Å². The minimum absolute atomic E-state index is 0.0290. The molecule has 1 amide bonds. The van der Waals surface area contributed by atoms with Gasteiger partial charge in [-0.15, -0.1) is 4.40 Å². The van der Waals surface area contributed by atoms with E-state index in [4.69, 9.17) is 5.73 Å². The Balaban J connectivity index is 1.85. The number of hydrogen-bond acceptors (Lipinski definition) is 5. The molecule has 1 saturated heterocycles. The highest BCUT2D eigenvalue weighted by molar-refractivity contribution is 7.90. The molecule has 0 aliphatic carbocycles. The van der Waals surface area contributed by atoms with Gasteiger partial charge in [0.25, 0.3) is 15.9 Å². The summed E-state index contributed by atoms with van der Waals surface area (Å²) >= 11 is 0. The van der Waals surface area contributed by atoms with E-state index in [0.717, 1.165) is 12.8 Å². The summed E-state index contributed by atoms with van der Waals surface area (Å²) in [4.78, 5) is 16.4. The van der Waals surface area contributed by atoms with Crippen LogP contribution in [0.4, 0.5) is 0 Å². The Bertz CT molecular complexity index is 694. The second kappa shape index (κ2) is 6.09. The van der Waals surface area contributed by atoms with Gasteiger partial charge in [0.1, 0.15) is 0 Å². The number of likely N-dealkylation sites (tertiary alicyclic amines) is 1. The van der Waals surface area contributed by atoms with E-state index in [1.54, 1.807) is 28.2 Å². The zero-order valence-corrected chi connectivity index (χ0v) is 14.0. The molecule has 2 unspecified atom stereocenters. The summed E-state index contributed by atoms with van der Waals surface area (Å²) in [5, 5.41) is 0. The molecule has 2 atom stereocenters. The number of fused-ring (bicyclic) bond motifs is 1. The van der Waals surface area contributed by atoms with Crippen LogP contribution in [0.5, 0.6) is 0 Å². The van der Waals surface area contributed by atoms with Crippen LogP contribution in [-0.2, 0) is 14.8 Å². The Morgan fingerprint density at radius 2 is 2.22 bits per heavy atom. The number of sulfonamides is 1. The van der Waals surface area contributed by atoms with E-state index in [9.17, 15) is 13.2 Å². The number of amides is 1. The Morgan fingerprint density at radius 3 is 2.96 bits per heavy atom. The molecule has 23 heavy (non-hydrogen) atoms. The summed E-state index contributed by atoms with van der Waals surface area (Å²) in [6.45, 7) is 3.56. The molecule has 0 aromatic heterocycles. The van der Waals surface area contributed by atoms with Gasteiger partial charge in [0, 0.05) is 31.9 Å². The smallest absolute Gasteiger partial charge is 0.257 e. The van der Waals surface area contributed by atoms with Crippen molar-refractivity contribution >= 4 is 21.8 Å². The van der Waals surface area contributed by atoms with Crippen molar-refractivity contribution in [3.05, 3.63) is 23.9 Å². The third-order valence-electron chi connectivity index (χ3n) is 4.58. The van der Waals surface area contributed by atoms with E-state index in [0.29, 0.717) is 25.2 Å². The molecule has 126 valence electrons. The minimum atomic E-state index is -3.49. The van der Waals surface area contributed by atoms with Crippen LogP contribution < -0.4 is 5.73 Å². The topological polar surface area (TPSA) is 96.1 Å². The largest absolute Gasteiger partial charge is 0.338 e. The first-order chi connectivity index (χ1) is 10.9. The molecule has 1 fully saturated rings. The van der Waals surface area contributed by atoms with Gasteiger partial charge >= 0.3 is 0 Å². The normalized spacial score (nSPS) is 27.8. The highest BCUT2D eigenvalue weighted by Crippen LogP contribution is 2.24. The van der Waals surface area contributed by atoms with Gasteiger partial charge in [-0.2, -0.15) is 0 Å². The first-order valence-electron chi connectivity index (χ1n) is 7.90. The summed E-state index contributed by atoms with van der Waals surface area (Å²) in [7, 11) is -3.49. The molecule has 3 heterocycles. The quantitative estimate of drug-likeness (QED) is 0.769. The van der Waals surface area contributed by atoms with Crippen LogP contribution in [0, 0.1) is 5.92 Å². The lowest BCUT2D eigenvalue weighted by molar-refractivity contribution is -0.128. The van der Waals surface area contributed by atoms with E-state index in [-0.39, 0.29) is 29.5 Å². The van der Waals surface area contributed by atoms with Crippen molar-refractivity contribution in [1.82, 2.24) is 9.80 Å². The Kier molecular flexibility index (Phi) is 4.29. The first kappa shape index (κ1) is 16.2. The molecule has 2 N–H and O–H groups in total. The monoisotopic (exact) mass is 338 g/mol. The summed E-state index contributed by atoms with van der Waals surface area (Å²) in [5.41, 5.74) is 6.32. The number of nitrogens with zero attached hydrogens (tertiary/aromatic N) is 3. The number of nitrogens with two attached hydrogens (primary N) is 1. The van der Waals surface area contributed by atoms with Crippen molar-refractivity contribution in [3.63, 3.8) is 0 Å². The Labute approximate surface area is 136 Å². The lowest BCUT2D eigenvalue weighted by Crippen LogP contribution is -2.48. The van der Waals surface area contributed by atoms with Gasteiger partial charge in [-0.3, -0.25) is 4.79 Å². The number of allylic oxidation sites excluding steroid dienone is 2. The number of carbonyl (C=O) groups excluding carboxylic acids is 1. The van der Waals surface area contributed by atoms with Crippen LogP contribution in [0.1, 0.15) is 19.8 Å². The second-order valence-electron chi connectivity index (χ2n) is 6.33. The zero-order valence-electron chi connectivity index (χ0n) is 13.2. The van der Waals surface area contributed by atoms with Gasteiger partial charge in [-0.25, -0.2) is 8.42 Å². The van der Waals surface area contributed by atoms with Crippen molar-refractivity contribution in [1.29, 1.82) is 0 Å². The number of hydrogen-bond donors (Lipinski definition) is 1. The summed E-state index contributed by atoms with van der Waals surface area (Å²) < 4.78 is 27.4. The molecule has 7 nitrogen and oxygen atoms in total. The highest BCUT2D eigenvalue weighted by atomic mass is 32.2. The molecule has 3 rings (SSSR count). The molecule has 3 aliphatic rings. The number of piperidine rings is 1. The Morgan fingerprint density at radius 1 is 1.43 bits per heavy atom. The highest BCUT2D eigenvalue weighted by Gasteiger charge is 2.34. The zero-order chi connectivity index (χ0) is 16.6. The van der Waals surface area contributed by atoms with Crippen molar-refractivity contribution in [2.75, 3.05) is 25.4 Å². The molecular formula is C15H22N4O3S. The molecule has 3 aliphatic heterocycles. The van der Waals surface area contributed by atoms with E-state index >= 15 is 0 Å². The van der Waals surface area contributed by atoms with Crippen LogP contribution in [0.25, 0.3) is 0 Å². The first-order valence-corrected chi connectivity index (χ1v) is 9.51. The predicted molar refractivity (Wildman–Crippen MR) is 88.1 cm³/mol. The lowest BCUT2D eigenvalue weighted by Gasteiger charge is -2.36. The van der Waals surface area contributed by atoms with Gasteiger partial charge in [-0.1, -0.05) is 0 Å². The van der Waals surface area contributed by atoms with E-state index < -0.39 is 10.0 Å². The number of rotatable bonds is 2. The van der Waals surface area contributed by atoms with Crippen LogP contribution in [0.3, 0.4) is 0 Å². The third-order valence-corrected chi connectivity index (χ3v) is 5.73. The molecule has 0 radical (unpaired) electrons. The van der Waals surface area contributed by atoms with Crippen LogP contribution in [0.15, 0.2) is 28.3 Å². The molecular weight excluding hydrogens is 316 g/mol. The maximum absolute atomic E-state index is 12.9. The average Bonchev–Trinajstić information content (AvgIpc) is 2.53. The third kappa shape index (κ3) is 3.32. The SMILES string of the molecule is CC(N)C1CCCN(C(=O)C2=CC=CN3CCS(=O)(=O)N=C23)C1. The number of amidine groups is 1. The second-order valence-corrected chi connectivity index (χ2v) is 8.08. The molecule has 0 aromatic carbocycles. The lowest BCUT2D eigenvalue weighted by atomic mass is 9.91. The van der Waals surface area contributed by atoms with Gasteiger partial charge in [-0.05, 0) is 37.8 Å². The van der Waals surface area contributed by atoms with Crippen LogP contribution in [0.2, 0.25) is 0 Å². The summed E-state index contributed by atoms with van der Waals surface area (Å²) in [6.07, 6.45) is 7.09. The average molecular weight is 338 g/mol. The van der Waals surface area contributed by atoms with E-state index in [2.05, 4.69) is 4.40 Å². The van der Waals surface area contributed by atoms with Crippen LogP contribution >= 0.6 is 0 Å². The van der Waals surface area contributed by atoms with E-state index in [1.807, 2.05) is 6.92 Å². The minimum Gasteiger partial charge on any atom is -0.338 e. The Hall–Kier alpha value is -1.67. The molecule has 8 heteroatoms. The standard InChI is InChI=1S/C15H22N4O3S/c1-11(16)12-4-2-7-19(10-12)15(20)13-5-3-6-18-8-9-23(21,22)17-14(13)18/h3,5-6,11-12H,2,4,7-10,16H2,1H3. The maximum atomic E-state index is 12.9. The summed E-state index contributed by atoms with van der Waals surface area (Å²) in [5.74, 6) is 0.325. The van der Waals surface area contributed by atoms with Crippen molar-refractivity contribution < 1.29 is 13.2 Å². The van der Waals surface area contributed by atoms with Crippen molar-refractivity contribution in [3.8, 4) is 0 Å². The molecule has 0 saturated carbocycles. The fraction of sp³-hybridized carbons (Fsp3) is 0.600. The van der Waals surface area contributed by atoms with Crippen molar-refractivity contribution in [2.45, 2.75) is 25.8 Å². The fourth-order valence-corrected chi connectivity index (χ4v) is 4.16. The van der Waals surface area contributed by atoms with Gasteiger partial charge < -0.3 is 15.5 Å². The summed E-state index contributed by atoms with van der Waals surface area (Å²) in [6, 6.07) is 0.0368. The van der Waals surface area contributed by atoms with Gasteiger partial charge in [0.2, 0.25) is 0 Å². The van der Waals surface area contributed by atoms with E-state index in [1.165, 1.54) is 0 Å². The molecule has 0 bridgehead atoms. The maximum Gasteiger partial charge on any atom is 0.257 e. The number of carbonyl (C=O) groups is 1. The van der Waals surface area contributed by atoms with Gasteiger partial charge in [0.05, 0.1) is 11.3 Å². The molecule has 0 spiro atoms.